The van der Waals surface area contributed by atoms with Crippen LogP contribution < -0.4 is 0 Å². The maximum Gasteiger partial charge on any atom is 0.0628 e. The smallest absolute Gasteiger partial charge is 0.0628 e. The third-order valence-electron chi connectivity index (χ3n) is 3.34. The van der Waals surface area contributed by atoms with Gasteiger partial charge in [0.1, 0.15) is 0 Å². The molecule has 3 aromatic rings. The van der Waals surface area contributed by atoms with Crippen molar-refractivity contribution < 1.29 is 5.11 Å². The molecule has 1 unspecified atom stereocenters. The first kappa shape index (κ1) is 13.8. The van der Waals surface area contributed by atoms with Gasteiger partial charge in [-0.05, 0) is 44.8 Å². The molecule has 1 aromatic heterocycles. The predicted molar refractivity (Wildman–Crippen MR) is 89.4 cm³/mol. The van der Waals surface area contributed by atoms with Crippen LogP contribution in [0.2, 0.25) is 0 Å². The Bertz CT molecular complexity index is 720. The van der Waals surface area contributed by atoms with Gasteiger partial charge < -0.3 is 5.11 Å². The third-order valence-corrected chi connectivity index (χ3v) is 5.06. The molecule has 1 nitrogen and oxygen atoms in total. The molecule has 1 N–H and O–H groups in total. The molecule has 2 aromatic carbocycles. The van der Waals surface area contributed by atoms with Crippen molar-refractivity contribution in [1.82, 2.24) is 0 Å². The van der Waals surface area contributed by atoms with E-state index >= 15 is 0 Å². The Morgan fingerprint density at radius 2 is 1.80 bits per heavy atom. The Hall–Kier alpha value is -1.16. The minimum Gasteiger partial charge on any atom is -0.392 e. The molecule has 3 heteroatoms. The van der Waals surface area contributed by atoms with Crippen LogP contribution in [0.5, 0.6) is 0 Å². The van der Waals surface area contributed by atoms with Gasteiger partial charge in [0.25, 0.3) is 0 Å². The number of rotatable bonds is 4. The third kappa shape index (κ3) is 3.29. The molecule has 0 aliphatic carbocycles. The lowest BCUT2D eigenvalue weighted by Crippen LogP contribution is -2.13. The SMILES string of the molecule is OC(Cc1ccc2ccccc2c1)Cc1cc(Br)cs1. The zero-order chi connectivity index (χ0) is 13.9. The van der Waals surface area contributed by atoms with Crippen molar-refractivity contribution in [3.63, 3.8) is 0 Å². The lowest BCUT2D eigenvalue weighted by atomic mass is 10.0. The monoisotopic (exact) mass is 346 g/mol. The largest absolute Gasteiger partial charge is 0.392 e. The molecule has 0 amide bonds. The minimum absolute atomic E-state index is 0.332. The van der Waals surface area contributed by atoms with Crippen LogP contribution in [0.4, 0.5) is 0 Å². The lowest BCUT2D eigenvalue weighted by Gasteiger charge is -2.10. The standard InChI is InChI=1S/C17H15BrOS/c18-15-9-17(20-11-15)10-16(19)8-12-5-6-13-3-1-2-4-14(13)7-12/h1-7,9,11,16,19H,8,10H2. The number of fused-ring (bicyclic) bond motifs is 1. The van der Waals surface area contributed by atoms with Crippen LogP contribution >= 0.6 is 27.3 Å². The van der Waals surface area contributed by atoms with E-state index in [1.54, 1.807) is 11.3 Å². The van der Waals surface area contributed by atoms with Crippen LogP contribution in [-0.2, 0) is 12.8 Å². The molecule has 0 spiro atoms. The molecule has 0 radical (unpaired) electrons. The summed E-state index contributed by atoms with van der Waals surface area (Å²) in [6, 6.07) is 16.8. The van der Waals surface area contributed by atoms with Gasteiger partial charge in [-0.3, -0.25) is 0 Å². The Balaban J connectivity index is 1.72. The molecule has 1 atom stereocenters. The van der Waals surface area contributed by atoms with Gasteiger partial charge in [0.2, 0.25) is 0 Å². The van der Waals surface area contributed by atoms with Crippen LogP contribution in [0.15, 0.2) is 58.4 Å². The highest BCUT2D eigenvalue weighted by molar-refractivity contribution is 9.10. The van der Waals surface area contributed by atoms with Crippen molar-refractivity contribution in [3.8, 4) is 0 Å². The van der Waals surface area contributed by atoms with Crippen LogP contribution in [0.3, 0.4) is 0 Å². The van der Waals surface area contributed by atoms with E-state index in [4.69, 9.17) is 0 Å². The second kappa shape index (κ2) is 6.08. The summed E-state index contributed by atoms with van der Waals surface area (Å²) in [5, 5.41) is 14.8. The number of halogens is 1. The molecule has 3 rings (SSSR count). The first-order chi connectivity index (χ1) is 9.70. The normalized spacial score (nSPS) is 12.7. The summed E-state index contributed by atoms with van der Waals surface area (Å²) in [6.45, 7) is 0. The highest BCUT2D eigenvalue weighted by Gasteiger charge is 2.09. The Kier molecular flexibility index (Phi) is 4.20. The average molecular weight is 347 g/mol. The zero-order valence-corrected chi connectivity index (χ0v) is 13.3. The Labute approximate surface area is 131 Å². The summed E-state index contributed by atoms with van der Waals surface area (Å²) in [7, 11) is 0. The molecule has 0 saturated carbocycles. The van der Waals surface area contributed by atoms with Gasteiger partial charge in [0.05, 0.1) is 6.10 Å². The Morgan fingerprint density at radius 1 is 1.00 bits per heavy atom. The molecule has 0 saturated heterocycles. The van der Waals surface area contributed by atoms with Gasteiger partial charge in [0, 0.05) is 21.2 Å². The van der Waals surface area contributed by atoms with Gasteiger partial charge in [-0.2, -0.15) is 0 Å². The molecule has 102 valence electrons. The summed E-state index contributed by atoms with van der Waals surface area (Å²) >= 11 is 5.13. The summed E-state index contributed by atoms with van der Waals surface area (Å²) in [5.41, 5.74) is 1.19. The number of aliphatic hydroxyl groups excluding tert-OH is 1. The minimum atomic E-state index is -0.332. The van der Waals surface area contributed by atoms with E-state index in [0.717, 1.165) is 4.47 Å². The van der Waals surface area contributed by atoms with Gasteiger partial charge in [0.15, 0.2) is 0 Å². The van der Waals surface area contributed by atoms with E-state index in [9.17, 15) is 5.11 Å². The molecule has 0 aliphatic rings. The first-order valence-corrected chi connectivity index (χ1v) is 8.26. The van der Waals surface area contributed by atoms with E-state index in [2.05, 4.69) is 57.7 Å². The van der Waals surface area contributed by atoms with Crippen molar-refractivity contribution in [1.29, 1.82) is 0 Å². The van der Waals surface area contributed by atoms with Crippen molar-refractivity contribution in [2.24, 2.45) is 0 Å². The summed E-state index contributed by atoms with van der Waals surface area (Å²) in [6.07, 6.45) is 1.07. The van der Waals surface area contributed by atoms with Gasteiger partial charge >= 0.3 is 0 Å². The number of benzene rings is 2. The number of aliphatic hydroxyl groups is 1. The van der Waals surface area contributed by atoms with Crippen LogP contribution in [0, 0.1) is 0 Å². The van der Waals surface area contributed by atoms with Crippen LogP contribution in [-0.4, -0.2) is 11.2 Å². The fourth-order valence-electron chi connectivity index (χ4n) is 2.40. The van der Waals surface area contributed by atoms with E-state index in [1.165, 1.54) is 21.2 Å². The molecule has 1 heterocycles. The quantitative estimate of drug-likeness (QED) is 0.718. The van der Waals surface area contributed by atoms with Crippen LogP contribution in [0.25, 0.3) is 10.8 Å². The maximum absolute atomic E-state index is 10.2. The van der Waals surface area contributed by atoms with E-state index in [-0.39, 0.29) is 6.10 Å². The van der Waals surface area contributed by atoms with Crippen molar-refractivity contribution in [2.45, 2.75) is 18.9 Å². The topological polar surface area (TPSA) is 20.2 Å². The number of thiophene rings is 1. The van der Waals surface area contributed by atoms with Gasteiger partial charge in [-0.1, -0.05) is 42.5 Å². The van der Waals surface area contributed by atoms with E-state index < -0.39 is 0 Å². The molecule has 0 fully saturated rings. The highest BCUT2D eigenvalue weighted by Crippen LogP contribution is 2.22. The lowest BCUT2D eigenvalue weighted by molar-refractivity contribution is 0.176. The highest BCUT2D eigenvalue weighted by atomic mass is 79.9. The fourth-order valence-corrected chi connectivity index (χ4v) is 3.93. The molecular weight excluding hydrogens is 332 g/mol. The fraction of sp³-hybridized carbons (Fsp3) is 0.176. The molecule has 0 aliphatic heterocycles. The first-order valence-electron chi connectivity index (χ1n) is 6.59. The van der Waals surface area contributed by atoms with E-state index in [0.29, 0.717) is 12.8 Å². The van der Waals surface area contributed by atoms with Crippen LogP contribution in [0.1, 0.15) is 10.4 Å². The van der Waals surface area contributed by atoms with Gasteiger partial charge in [-0.15, -0.1) is 11.3 Å². The molecule has 0 bridgehead atoms. The van der Waals surface area contributed by atoms with E-state index in [1.807, 2.05) is 12.1 Å². The summed E-state index contributed by atoms with van der Waals surface area (Å²) < 4.78 is 1.09. The summed E-state index contributed by atoms with van der Waals surface area (Å²) in [4.78, 5) is 1.21. The molecule has 20 heavy (non-hydrogen) atoms. The van der Waals surface area contributed by atoms with Crippen molar-refractivity contribution in [3.05, 3.63) is 68.8 Å². The zero-order valence-electron chi connectivity index (χ0n) is 10.9. The summed E-state index contributed by atoms with van der Waals surface area (Å²) in [5.74, 6) is 0. The second-order valence-electron chi connectivity index (χ2n) is 4.97. The molecular formula is C17H15BrOS. The number of hydrogen-bond acceptors (Lipinski definition) is 2. The number of hydrogen-bond donors (Lipinski definition) is 1. The predicted octanol–water partition coefficient (Wildman–Crippen LogP) is 4.81. The van der Waals surface area contributed by atoms with Gasteiger partial charge in [-0.25, -0.2) is 0 Å². The van der Waals surface area contributed by atoms with Crippen molar-refractivity contribution in [2.75, 3.05) is 0 Å². The average Bonchev–Trinajstić information content (AvgIpc) is 2.83. The van der Waals surface area contributed by atoms with Crippen molar-refractivity contribution >= 4 is 38.0 Å². The maximum atomic E-state index is 10.2. The Morgan fingerprint density at radius 3 is 2.55 bits per heavy atom. The second-order valence-corrected chi connectivity index (χ2v) is 6.89.